The van der Waals surface area contributed by atoms with E-state index in [2.05, 4.69) is 40.6 Å². The maximum atomic E-state index is 5.31. The van der Waals surface area contributed by atoms with Gasteiger partial charge in [-0.25, -0.2) is 0 Å². The van der Waals surface area contributed by atoms with Crippen LogP contribution in [0.5, 0.6) is 0 Å². The molecule has 0 saturated carbocycles. The van der Waals surface area contributed by atoms with Crippen LogP contribution in [0.3, 0.4) is 0 Å². The van der Waals surface area contributed by atoms with Crippen molar-refractivity contribution in [1.82, 2.24) is 4.98 Å². The first-order valence-corrected chi connectivity index (χ1v) is 8.44. The number of hydrogen-bond donors (Lipinski definition) is 1. The maximum absolute atomic E-state index is 5.31. The summed E-state index contributed by atoms with van der Waals surface area (Å²) in [6, 6.07) is 11.8. The van der Waals surface area contributed by atoms with Crippen LogP contribution >= 0.6 is 9.42 Å². The topological polar surface area (TPSA) is 63.6 Å². The van der Waals surface area contributed by atoms with Crippen molar-refractivity contribution in [3.63, 3.8) is 0 Å². The Labute approximate surface area is 128 Å². The van der Waals surface area contributed by atoms with Gasteiger partial charge in [0.2, 0.25) is 0 Å². The van der Waals surface area contributed by atoms with Crippen LogP contribution in [0, 0.1) is 0 Å². The van der Waals surface area contributed by atoms with E-state index in [4.69, 9.17) is 5.73 Å². The van der Waals surface area contributed by atoms with Gasteiger partial charge in [-0.15, -0.1) is 0 Å². The first kappa shape index (κ1) is 15.3. The average Bonchev–Trinajstić information content (AvgIpc) is 2.40. The van der Waals surface area contributed by atoms with Gasteiger partial charge in [-0.1, -0.05) is 0 Å². The van der Waals surface area contributed by atoms with E-state index in [1.54, 1.807) is 25.0 Å². The predicted octanol–water partition coefficient (Wildman–Crippen LogP) is 1.74. The number of benzene rings is 1. The Morgan fingerprint density at radius 2 is 2.00 bits per heavy atom. The molecule has 1 aromatic carbocycles. The van der Waals surface area contributed by atoms with E-state index in [9.17, 15) is 0 Å². The van der Waals surface area contributed by atoms with Crippen molar-refractivity contribution < 1.29 is 18.8 Å². The fourth-order valence-corrected chi connectivity index (χ4v) is 1.40. The van der Waals surface area contributed by atoms with Crippen molar-refractivity contribution >= 4 is 47.3 Å². The van der Waals surface area contributed by atoms with Crippen LogP contribution in [0.25, 0.3) is 10.9 Å². The van der Waals surface area contributed by atoms with Crippen molar-refractivity contribution in [2.75, 3.05) is 0 Å². The van der Waals surface area contributed by atoms with Gasteiger partial charge in [-0.05, 0) is 0 Å². The first-order valence-electron chi connectivity index (χ1n) is 4.77. The summed E-state index contributed by atoms with van der Waals surface area (Å²) >= 11 is 4.16. The zero-order valence-electron chi connectivity index (χ0n) is 9.06. The second-order valence-corrected chi connectivity index (χ2v) is 3.99. The van der Waals surface area contributed by atoms with Crippen LogP contribution in [0.1, 0.15) is 5.69 Å². The van der Waals surface area contributed by atoms with Crippen LogP contribution in [0.15, 0.2) is 46.6 Å². The number of fused-ring (bicyclic) bond motifs is 1. The van der Waals surface area contributed by atoms with Gasteiger partial charge in [-0.2, -0.15) is 0 Å². The van der Waals surface area contributed by atoms with Crippen molar-refractivity contribution in [3.05, 3.63) is 42.1 Å². The SMILES string of the molecule is N/C([Se-])=N/N=C/c1ccc2ccccc2n1.[Cl][Pt+]. The van der Waals surface area contributed by atoms with Crippen LogP contribution in [-0.4, -0.2) is 31.9 Å². The molecular formula is C11H9ClN4PtSe. The zero-order valence-corrected chi connectivity index (χ0v) is 13.8. The van der Waals surface area contributed by atoms with E-state index in [-0.39, 0.29) is 0 Å². The summed E-state index contributed by atoms with van der Waals surface area (Å²) in [5, 5.41) is 8.56. The first-order chi connectivity index (χ1) is 8.75. The number of nitrogens with zero attached hydrogens (tertiary/aromatic N) is 3. The molecule has 0 fully saturated rings. The summed E-state index contributed by atoms with van der Waals surface area (Å²) < 4.78 is 0.303. The van der Waals surface area contributed by atoms with Gasteiger partial charge in [-0.3, -0.25) is 0 Å². The molecule has 4 nitrogen and oxygen atoms in total. The average molecular weight is 507 g/mol. The van der Waals surface area contributed by atoms with E-state index in [1.165, 1.54) is 0 Å². The monoisotopic (exact) mass is 507 g/mol. The van der Waals surface area contributed by atoms with Gasteiger partial charge < -0.3 is 0 Å². The Morgan fingerprint density at radius 1 is 1.28 bits per heavy atom. The molecule has 1 heterocycles. The molecule has 2 rings (SSSR count). The second kappa shape index (κ2) is 8.38. The molecule has 1 aromatic heterocycles. The number of halogens is 1. The van der Waals surface area contributed by atoms with E-state index < -0.39 is 0 Å². The fraction of sp³-hybridized carbons (Fsp3) is 0. The van der Waals surface area contributed by atoms with Gasteiger partial charge in [0.05, 0.1) is 0 Å². The molecule has 2 aromatic rings. The van der Waals surface area contributed by atoms with Crippen molar-refractivity contribution in [2.24, 2.45) is 15.9 Å². The number of nitrogens with two attached hydrogens (primary N) is 1. The summed E-state index contributed by atoms with van der Waals surface area (Å²) in [6.07, 6.45) is 1.57. The number of rotatable bonds is 2. The second-order valence-electron chi connectivity index (χ2n) is 3.11. The van der Waals surface area contributed by atoms with Gasteiger partial charge >= 0.3 is 129 Å². The summed E-state index contributed by atoms with van der Waals surface area (Å²) in [6.45, 7) is 0. The molecule has 2 N–H and O–H groups in total. The van der Waals surface area contributed by atoms with Gasteiger partial charge in [0.25, 0.3) is 0 Å². The third-order valence-corrected chi connectivity index (χ3v) is 2.14. The molecule has 0 aliphatic heterocycles. The molecule has 0 aliphatic rings. The number of para-hydroxylation sites is 1. The third-order valence-electron chi connectivity index (χ3n) is 1.97. The summed E-state index contributed by atoms with van der Waals surface area (Å²) in [5.41, 5.74) is 7.00. The Hall–Kier alpha value is -0.732. The molecule has 7 heteroatoms. The van der Waals surface area contributed by atoms with Gasteiger partial charge in [0.1, 0.15) is 0 Å². The molecule has 18 heavy (non-hydrogen) atoms. The van der Waals surface area contributed by atoms with Crippen LogP contribution in [0.4, 0.5) is 0 Å². The normalized spacial score (nSPS) is 11.4. The van der Waals surface area contributed by atoms with Crippen molar-refractivity contribution in [2.45, 2.75) is 0 Å². The van der Waals surface area contributed by atoms with E-state index in [0.717, 1.165) is 16.6 Å². The number of aromatic nitrogens is 1. The van der Waals surface area contributed by atoms with Gasteiger partial charge in [0, 0.05) is 0 Å². The van der Waals surface area contributed by atoms with E-state index in [1.807, 2.05) is 36.4 Å². The molecule has 0 bridgehead atoms. The van der Waals surface area contributed by atoms with Crippen LogP contribution in [-0.2, 0) is 18.8 Å². The van der Waals surface area contributed by atoms with E-state index >= 15 is 0 Å². The summed E-state index contributed by atoms with van der Waals surface area (Å²) in [7, 11) is 4.61. The van der Waals surface area contributed by atoms with Crippen LogP contribution < -0.4 is 5.73 Å². The number of hydrogen-bond acceptors (Lipinski definition) is 3. The van der Waals surface area contributed by atoms with Crippen molar-refractivity contribution in [3.8, 4) is 0 Å². The van der Waals surface area contributed by atoms with Crippen LogP contribution in [0.2, 0.25) is 0 Å². The Bertz CT molecular complexity index is 570. The van der Waals surface area contributed by atoms with Crippen molar-refractivity contribution in [1.29, 1.82) is 0 Å². The molecular weight excluding hydrogens is 498 g/mol. The molecule has 0 saturated heterocycles. The minimum atomic E-state index is 0.303. The standard InChI is InChI=1S/C11H10N4Se.ClH.Pt/c12-11(16)15-13-7-9-6-5-8-3-1-2-4-10(8)14-9;;/h1-7H,(H3,12,15,16);1H;/q;;+2/p-2/b13-7+;;. The molecule has 0 unspecified atom stereocenters. The Kier molecular flexibility index (Phi) is 7.14. The predicted molar refractivity (Wildman–Crippen MR) is 72.6 cm³/mol. The molecule has 0 amide bonds. The van der Waals surface area contributed by atoms with E-state index in [0.29, 0.717) is 4.73 Å². The summed E-state index contributed by atoms with van der Waals surface area (Å²) in [5.74, 6) is 0. The minimum absolute atomic E-state index is 0.303. The number of pyridine rings is 1. The molecule has 0 atom stereocenters. The molecule has 96 valence electrons. The molecule has 0 radical (unpaired) electrons. The zero-order chi connectivity index (χ0) is 13.4. The summed E-state index contributed by atoms with van der Waals surface area (Å²) in [4.78, 5) is 4.40. The van der Waals surface area contributed by atoms with Gasteiger partial charge in [0.15, 0.2) is 0 Å². The Balaban J connectivity index is 0.000000771. The molecule has 0 spiro atoms. The third kappa shape index (κ3) is 4.87. The quantitative estimate of drug-likeness (QED) is 0.292. The number of amidine groups is 1. The fourth-order valence-electron chi connectivity index (χ4n) is 1.30. The molecule has 0 aliphatic carbocycles. The Morgan fingerprint density at radius 3 is 2.72 bits per heavy atom.